The minimum atomic E-state index is 0.491. The van der Waals surface area contributed by atoms with Crippen LogP contribution in [0.25, 0.3) is 28.2 Å². The highest BCUT2D eigenvalue weighted by Gasteiger charge is 2.22. The molecule has 0 N–H and O–H groups in total. The molecule has 2 aromatic carbocycles. The third-order valence-electron chi connectivity index (χ3n) is 5.77. The van der Waals surface area contributed by atoms with Crippen molar-refractivity contribution in [3.8, 4) is 34.5 Å². The number of methoxy groups -OCH3 is 1. The van der Waals surface area contributed by atoms with E-state index >= 15 is 0 Å². The molecule has 5 rings (SSSR count). The van der Waals surface area contributed by atoms with E-state index in [0.717, 1.165) is 47.8 Å². The van der Waals surface area contributed by atoms with E-state index in [1.165, 1.54) is 12.0 Å². The highest BCUT2D eigenvalue weighted by molar-refractivity contribution is 5.81. The molecule has 0 aliphatic carbocycles. The van der Waals surface area contributed by atoms with Crippen molar-refractivity contribution in [2.45, 2.75) is 19.9 Å². The lowest BCUT2D eigenvalue weighted by molar-refractivity contribution is 0.171. The van der Waals surface area contributed by atoms with Gasteiger partial charge in [-0.25, -0.2) is 9.97 Å². The number of fused-ring (bicyclic) bond motifs is 1. The number of hydrogen-bond donors (Lipinski definition) is 0. The lowest BCUT2D eigenvalue weighted by Gasteiger charge is -2.29. The first-order valence-corrected chi connectivity index (χ1v) is 10.4. The summed E-state index contributed by atoms with van der Waals surface area (Å²) in [7, 11) is 1.63. The number of benzene rings is 2. The average molecular weight is 409 g/mol. The van der Waals surface area contributed by atoms with Crippen LogP contribution in [0.2, 0.25) is 0 Å². The van der Waals surface area contributed by atoms with Crippen LogP contribution in [0.4, 0.5) is 0 Å². The lowest BCUT2D eigenvalue weighted by atomic mass is 10.0. The van der Waals surface area contributed by atoms with Crippen LogP contribution < -0.4 is 4.74 Å². The summed E-state index contributed by atoms with van der Waals surface area (Å²) >= 11 is 0. The average Bonchev–Trinajstić information content (AvgIpc) is 3.20. The number of nitriles is 1. The molecular formula is C25H23N5O. The first-order valence-electron chi connectivity index (χ1n) is 10.4. The fourth-order valence-corrected chi connectivity index (χ4v) is 3.94. The molecular weight excluding hydrogens is 386 g/mol. The Labute approximate surface area is 181 Å². The molecule has 6 nitrogen and oxygen atoms in total. The minimum Gasteiger partial charge on any atom is -0.478 e. The van der Waals surface area contributed by atoms with Gasteiger partial charge in [0.2, 0.25) is 5.65 Å². The largest absolute Gasteiger partial charge is 0.478 e. The van der Waals surface area contributed by atoms with Gasteiger partial charge < -0.3 is 4.74 Å². The van der Waals surface area contributed by atoms with Crippen molar-refractivity contribution in [3.63, 3.8) is 0 Å². The van der Waals surface area contributed by atoms with E-state index in [-0.39, 0.29) is 0 Å². The Bertz CT molecular complexity index is 1280. The molecule has 0 spiro atoms. The van der Waals surface area contributed by atoms with E-state index in [1.807, 2.05) is 24.3 Å². The minimum absolute atomic E-state index is 0.491. The molecule has 31 heavy (non-hydrogen) atoms. The fraction of sp³-hybridized carbons (Fsp3) is 0.240. The van der Waals surface area contributed by atoms with Crippen LogP contribution in [-0.2, 0) is 6.54 Å². The molecule has 0 bridgehead atoms. The van der Waals surface area contributed by atoms with E-state index in [1.54, 1.807) is 7.11 Å². The first-order chi connectivity index (χ1) is 15.2. The lowest BCUT2D eigenvalue weighted by Crippen LogP contribution is -2.36. The Kier molecular flexibility index (Phi) is 4.89. The summed E-state index contributed by atoms with van der Waals surface area (Å²) in [6, 6.07) is 18.1. The third kappa shape index (κ3) is 3.54. The second kappa shape index (κ2) is 7.86. The normalized spacial score (nSPS) is 13.7. The summed E-state index contributed by atoms with van der Waals surface area (Å²) in [6.07, 6.45) is 3.34. The van der Waals surface area contributed by atoms with Crippen molar-refractivity contribution in [1.82, 2.24) is 19.3 Å². The molecule has 6 heteroatoms. The molecule has 0 atom stereocenters. The molecule has 154 valence electrons. The molecule has 3 heterocycles. The zero-order valence-electron chi connectivity index (χ0n) is 17.7. The molecule has 1 fully saturated rings. The van der Waals surface area contributed by atoms with Crippen molar-refractivity contribution in [2.75, 3.05) is 20.2 Å². The van der Waals surface area contributed by atoms with Gasteiger partial charge >= 0.3 is 0 Å². The maximum atomic E-state index is 9.18. The fourth-order valence-electron chi connectivity index (χ4n) is 3.94. The van der Waals surface area contributed by atoms with Gasteiger partial charge in [-0.3, -0.25) is 9.30 Å². The van der Waals surface area contributed by atoms with Gasteiger partial charge in [0.25, 0.3) is 5.88 Å². The molecule has 1 aliphatic rings. The molecule has 1 aliphatic heterocycles. The Morgan fingerprint density at radius 3 is 2.32 bits per heavy atom. The van der Waals surface area contributed by atoms with Gasteiger partial charge in [0, 0.05) is 23.9 Å². The smallest absolute Gasteiger partial charge is 0.258 e. The van der Waals surface area contributed by atoms with Crippen molar-refractivity contribution in [3.05, 3.63) is 71.5 Å². The van der Waals surface area contributed by atoms with Crippen LogP contribution in [-0.4, -0.2) is 39.5 Å². The summed E-state index contributed by atoms with van der Waals surface area (Å²) in [5.74, 6) is 0.491. The molecule has 0 unspecified atom stereocenters. The Morgan fingerprint density at radius 2 is 1.71 bits per heavy atom. The van der Waals surface area contributed by atoms with Crippen LogP contribution in [0.1, 0.15) is 23.2 Å². The van der Waals surface area contributed by atoms with E-state index in [4.69, 9.17) is 14.7 Å². The van der Waals surface area contributed by atoms with E-state index in [9.17, 15) is 5.26 Å². The zero-order chi connectivity index (χ0) is 21.4. The number of aryl methyl sites for hydroxylation is 1. The predicted molar refractivity (Wildman–Crippen MR) is 120 cm³/mol. The van der Waals surface area contributed by atoms with Gasteiger partial charge in [-0.05, 0) is 38.6 Å². The summed E-state index contributed by atoms with van der Waals surface area (Å²) < 4.78 is 7.74. The van der Waals surface area contributed by atoms with Gasteiger partial charge in [-0.1, -0.05) is 42.0 Å². The molecule has 0 saturated carbocycles. The summed E-state index contributed by atoms with van der Waals surface area (Å²) in [6.45, 7) is 5.13. The number of hydrogen-bond acceptors (Lipinski definition) is 5. The number of likely N-dealkylation sites (tertiary alicyclic amines) is 1. The predicted octanol–water partition coefficient (Wildman–Crippen LogP) is 4.46. The highest BCUT2D eigenvalue weighted by Crippen LogP contribution is 2.35. The van der Waals surface area contributed by atoms with Gasteiger partial charge in [-0.15, -0.1) is 0 Å². The Balaban J connectivity index is 1.75. The number of aromatic nitrogens is 3. The van der Waals surface area contributed by atoms with Crippen molar-refractivity contribution < 1.29 is 4.74 Å². The topological polar surface area (TPSA) is 66.4 Å². The maximum absolute atomic E-state index is 9.18. The van der Waals surface area contributed by atoms with E-state index in [2.05, 4.69) is 52.8 Å². The number of rotatable bonds is 5. The van der Waals surface area contributed by atoms with Gasteiger partial charge in [0.05, 0.1) is 35.8 Å². The van der Waals surface area contributed by atoms with Gasteiger partial charge in [-0.2, -0.15) is 5.26 Å². The van der Waals surface area contributed by atoms with Crippen LogP contribution in [0.3, 0.4) is 0 Å². The number of imidazole rings is 1. The first kappa shape index (κ1) is 19.3. The van der Waals surface area contributed by atoms with Crippen LogP contribution in [0.15, 0.2) is 54.7 Å². The second-order valence-corrected chi connectivity index (χ2v) is 7.93. The quantitative estimate of drug-likeness (QED) is 0.487. The van der Waals surface area contributed by atoms with E-state index in [0.29, 0.717) is 17.1 Å². The molecule has 0 radical (unpaired) electrons. The van der Waals surface area contributed by atoms with Crippen molar-refractivity contribution in [2.24, 2.45) is 0 Å². The van der Waals surface area contributed by atoms with Crippen LogP contribution in [0.5, 0.6) is 5.88 Å². The van der Waals surface area contributed by atoms with Gasteiger partial charge in [0.15, 0.2) is 0 Å². The van der Waals surface area contributed by atoms with Crippen LogP contribution in [0, 0.1) is 18.3 Å². The molecule has 4 aromatic rings. The van der Waals surface area contributed by atoms with Crippen molar-refractivity contribution in [1.29, 1.82) is 5.26 Å². The number of nitrogens with zero attached hydrogens (tertiary/aromatic N) is 5. The highest BCUT2D eigenvalue weighted by atomic mass is 16.5. The zero-order valence-corrected chi connectivity index (χ0v) is 17.7. The SMILES string of the molecule is COc1nc(-c2ccc(C#N)cc2)c(-c2ccc(C)cc2)n2cc(CN3CCC3)nc12. The summed E-state index contributed by atoms with van der Waals surface area (Å²) in [4.78, 5) is 12.1. The summed E-state index contributed by atoms with van der Waals surface area (Å²) in [5.41, 5.74) is 7.27. The molecule has 0 amide bonds. The number of ether oxygens (including phenoxy) is 1. The maximum Gasteiger partial charge on any atom is 0.258 e. The Morgan fingerprint density at radius 1 is 1.00 bits per heavy atom. The van der Waals surface area contributed by atoms with Crippen molar-refractivity contribution >= 4 is 5.65 Å². The Hall–Kier alpha value is -3.69. The summed E-state index contributed by atoms with van der Waals surface area (Å²) in [5, 5.41) is 9.18. The van der Waals surface area contributed by atoms with E-state index < -0.39 is 0 Å². The van der Waals surface area contributed by atoms with Crippen LogP contribution >= 0.6 is 0 Å². The molecule has 2 aromatic heterocycles. The third-order valence-corrected chi connectivity index (χ3v) is 5.77. The van der Waals surface area contributed by atoms with Gasteiger partial charge in [0.1, 0.15) is 0 Å². The monoisotopic (exact) mass is 409 g/mol. The standard InChI is InChI=1S/C25H23N5O/c1-17-4-8-20(9-5-17)23-22(19-10-6-18(14-26)7-11-19)28-25(31-2)24-27-21(16-30(23)24)15-29-12-3-13-29/h4-11,16H,3,12-13,15H2,1-2H3. The molecule has 1 saturated heterocycles. The second-order valence-electron chi connectivity index (χ2n) is 7.93.